The number of hydrogen-bond donors (Lipinski definition) is 1. The van der Waals surface area contributed by atoms with Crippen molar-refractivity contribution in [2.24, 2.45) is 5.11 Å². The third kappa shape index (κ3) is 9.66. The van der Waals surface area contributed by atoms with E-state index in [1.54, 1.807) is 0 Å². The number of hydrogen-bond acceptors (Lipinski definition) is 2. The van der Waals surface area contributed by atoms with Crippen molar-refractivity contribution in [1.82, 2.24) is 0 Å². The van der Waals surface area contributed by atoms with Crippen molar-refractivity contribution >= 4 is 12.6 Å². The molecule has 0 bridgehead atoms. The predicted octanol–water partition coefficient (Wildman–Crippen LogP) is 3.18. The zero-order valence-corrected chi connectivity index (χ0v) is 7.63. The van der Waals surface area contributed by atoms with E-state index in [1.165, 1.54) is 25.7 Å². The van der Waals surface area contributed by atoms with Crippen LogP contribution in [0.1, 0.15) is 32.1 Å². The molecule has 0 N–H and O–H groups in total. The minimum atomic E-state index is 0.650. The van der Waals surface area contributed by atoms with Crippen LogP contribution in [0.5, 0.6) is 0 Å². The lowest BCUT2D eigenvalue weighted by atomic mass is 10.2. The Kier molecular flexibility index (Phi) is 9.36. The van der Waals surface area contributed by atoms with E-state index in [-0.39, 0.29) is 0 Å². The van der Waals surface area contributed by atoms with E-state index < -0.39 is 0 Å². The monoisotopic (exact) mass is 173 g/mol. The van der Waals surface area contributed by atoms with Crippen molar-refractivity contribution in [1.29, 1.82) is 0 Å². The van der Waals surface area contributed by atoms with Gasteiger partial charge in [0.05, 0.1) is 0 Å². The Balaban J connectivity index is 2.84. The second-order valence-corrected chi connectivity index (χ2v) is 2.89. The van der Waals surface area contributed by atoms with Crippen LogP contribution >= 0.6 is 12.6 Å². The van der Waals surface area contributed by atoms with E-state index in [9.17, 15) is 0 Å². The van der Waals surface area contributed by atoms with Gasteiger partial charge in [-0.25, -0.2) is 0 Å². The van der Waals surface area contributed by atoms with E-state index in [1.807, 2.05) is 0 Å². The van der Waals surface area contributed by atoms with Crippen LogP contribution in [0.3, 0.4) is 0 Å². The summed E-state index contributed by atoms with van der Waals surface area (Å²) in [7, 11) is 0. The van der Waals surface area contributed by atoms with Gasteiger partial charge in [-0.05, 0) is 24.1 Å². The molecule has 3 nitrogen and oxygen atoms in total. The van der Waals surface area contributed by atoms with Gasteiger partial charge in [0.2, 0.25) is 0 Å². The van der Waals surface area contributed by atoms with Crippen molar-refractivity contribution in [2.75, 3.05) is 12.3 Å². The Labute approximate surface area is 73.2 Å². The van der Waals surface area contributed by atoms with E-state index in [0.717, 1.165) is 12.2 Å². The molecule has 0 fully saturated rings. The van der Waals surface area contributed by atoms with Crippen molar-refractivity contribution in [3.63, 3.8) is 0 Å². The number of azide groups is 1. The Hall–Kier alpha value is -0.340. The van der Waals surface area contributed by atoms with Gasteiger partial charge in [-0.3, -0.25) is 0 Å². The lowest BCUT2D eigenvalue weighted by molar-refractivity contribution is 0.640. The Morgan fingerprint density at radius 3 is 2.36 bits per heavy atom. The Morgan fingerprint density at radius 1 is 1.09 bits per heavy atom. The lowest BCUT2D eigenvalue weighted by Crippen LogP contribution is -1.82. The summed E-state index contributed by atoms with van der Waals surface area (Å²) in [5.41, 5.74) is 7.96. The average Bonchev–Trinajstić information content (AvgIpc) is 2.03. The summed E-state index contributed by atoms with van der Waals surface area (Å²) >= 11 is 4.11. The van der Waals surface area contributed by atoms with Gasteiger partial charge in [0.15, 0.2) is 0 Å². The molecular formula is C7H15N3S. The first-order valence-electron chi connectivity index (χ1n) is 4.03. The van der Waals surface area contributed by atoms with E-state index in [2.05, 4.69) is 22.7 Å². The lowest BCUT2D eigenvalue weighted by Gasteiger charge is -1.95. The zero-order chi connectivity index (χ0) is 8.36. The molecule has 0 atom stereocenters. The molecule has 0 spiro atoms. The summed E-state index contributed by atoms with van der Waals surface area (Å²) in [5.74, 6) is 0.982. The van der Waals surface area contributed by atoms with E-state index in [0.29, 0.717) is 6.54 Å². The fourth-order valence-corrected chi connectivity index (χ4v) is 1.09. The van der Waals surface area contributed by atoms with Gasteiger partial charge in [-0.2, -0.15) is 12.6 Å². The van der Waals surface area contributed by atoms with Crippen LogP contribution in [0.2, 0.25) is 0 Å². The molecule has 0 aliphatic carbocycles. The minimum absolute atomic E-state index is 0.650. The Morgan fingerprint density at radius 2 is 1.73 bits per heavy atom. The molecule has 0 radical (unpaired) electrons. The van der Waals surface area contributed by atoms with Crippen LogP contribution in [0.4, 0.5) is 0 Å². The molecular weight excluding hydrogens is 158 g/mol. The molecule has 0 rings (SSSR count). The van der Waals surface area contributed by atoms with Crippen LogP contribution in [0.15, 0.2) is 5.11 Å². The highest BCUT2D eigenvalue weighted by molar-refractivity contribution is 7.80. The molecule has 0 amide bonds. The number of nitrogens with zero attached hydrogens (tertiary/aromatic N) is 3. The molecule has 0 aromatic rings. The number of thiol groups is 1. The van der Waals surface area contributed by atoms with Crippen LogP contribution in [0.25, 0.3) is 10.4 Å². The maximum absolute atomic E-state index is 7.96. The highest BCUT2D eigenvalue weighted by Crippen LogP contribution is 2.03. The standard InChI is InChI=1S/C7H15N3S/c8-10-9-6-4-2-1-3-5-7-11/h11H,1-7H2. The number of rotatable bonds is 7. The molecule has 64 valence electrons. The molecule has 0 aromatic heterocycles. The first kappa shape index (κ1) is 10.7. The molecule has 0 aromatic carbocycles. The van der Waals surface area contributed by atoms with Gasteiger partial charge < -0.3 is 0 Å². The van der Waals surface area contributed by atoms with Gasteiger partial charge in [0.25, 0.3) is 0 Å². The molecule has 4 heteroatoms. The third-order valence-electron chi connectivity index (χ3n) is 1.48. The largest absolute Gasteiger partial charge is 0.179 e. The number of unbranched alkanes of at least 4 members (excludes halogenated alkanes) is 4. The fourth-order valence-electron chi connectivity index (χ4n) is 0.869. The zero-order valence-electron chi connectivity index (χ0n) is 6.74. The first-order chi connectivity index (χ1) is 5.41. The maximum atomic E-state index is 7.96. The minimum Gasteiger partial charge on any atom is -0.179 e. The van der Waals surface area contributed by atoms with Crippen LogP contribution in [-0.4, -0.2) is 12.3 Å². The topological polar surface area (TPSA) is 48.8 Å². The highest BCUT2D eigenvalue weighted by atomic mass is 32.1. The molecule has 0 heterocycles. The van der Waals surface area contributed by atoms with E-state index >= 15 is 0 Å². The van der Waals surface area contributed by atoms with Gasteiger partial charge in [0.1, 0.15) is 0 Å². The average molecular weight is 173 g/mol. The van der Waals surface area contributed by atoms with E-state index in [4.69, 9.17) is 5.53 Å². The van der Waals surface area contributed by atoms with Crippen molar-refractivity contribution in [3.05, 3.63) is 10.4 Å². The third-order valence-corrected chi connectivity index (χ3v) is 1.80. The summed E-state index contributed by atoms with van der Waals surface area (Å²) in [5, 5.41) is 3.46. The first-order valence-corrected chi connectivity index (χ1v) is 4.66. The summed E-state index contributed by atoms with van der Waals surface area (Å²) < 4.78 is 0. The SMILES string of the molecule is [N-]=[N+]=NCCCCCCCS. The van der Waals surface area contributed by atoms with Gasteiger partial charge in [0, 0.05) is 11.5 Å². The molecule has 0 unspecified atom stereocenters. The Bertz CT molecular complexity index is 121. The van der Waals surface area contributed by atoms with Crippen molar-refractivity contribution in [3.8, 4) is 0 Å². The van der Waals surface area contributed by atoms with Crippen LogP contribution in [0, 0.1) is 0 Å². The second-order valence-electron chi connectivity index (χ2n) is 2.45. The molecule has 0 saturated carbocycles. The molecule has 0 aliphatic heterocycles. The molecule has 0 aliphatic rings. The van der Waals surface area contributed by atoms with Gasteiger partial charge in [-0.15, -0.1) is 0 Å². The van der Waals surface area contributed by atoms with Crippen LogP contribution in [-0.2, 0) is 0 Å². The summed E-state index contributed by atoms with van der Waals surface area (Å²) in [6, 6.07) is 0. The predicted molar refractivity (Wildman–Crippen MR) is 51.0 cm³/mol. The highest BCUT2D eigenvalue weighted by Gasteiger charge is 1.87. The summed E-state index contributed by atoms with van der Waals surface area (Å²) in [4.78, 5) is 2.68. The smallest absolute Gasteiger partial charge is 0.0257 e. The summed E-state index contributed by atoms with van der Waals surface area (Å²) in [6.45, 7) is 0.650. The fraction of sp³-hybridized carbons (Fsp3) is 1.00. The van der Waals surface area contributed by atoms with Crippen LogP contribution < -0.4 is 0 Å². The normalized spacial score (nSPS) is 9.18. The van der Waals surface area contributed by atoms with Gasteiger partial charge in [-0.1, -0.05) is 24.4 Å². The molecule has 11 heavy (non-hydrogen) atoms. The maximum Gasteiger partial charge on any atom is 0.0257 e. The van der Waals surface area contributed by atoms with Crippen molar-refractivity contribution < 1.29 is 0 Å². The van der Waals surface area contributed by atoms with Crippen molar-refractivity contribution in [2.45, 2.75) is 32.1 Å². The molecule has 0 saturated heterocycles. The summed E-state index contributed by atoms with van der Waals surface area (Å²) in [6.07, 6.45) is 5.88. The quantitative estimate of drug-likeness (QED) is 0.202. The second kappa shape index (κ2) is 9.66. The van der Waals surface area contributed by atoms with Gasteiger partial charge >= 0.3 is 0 Å².